The summed E-state index contributed by atoms with van der Waals surface area (Å²) >= 11 is 0. The molecule has 0 radical (unpaired) electrons. The molecule has 0 fully saturated rings. The minimum atomic E-state index is -0.236. The first-order valence-corrected chi connectivity index (χ1v) is 8.99. The Morgan fingerprint density at radius 2 is 1.72 bits per heavy atom. The van der Waals surface area contributed by atoms with Gasteiger partial charge in [0.15, 0.2) is 0 Å². The molecule has 0 spiro atoms. The second-order valence-electron chi connectivity index (χ2n) is 6.47. The predicted octanol–water partition coefficient (Wildman–Crippen LogP) is 3.49. The minimum Gasteiger partial charge on any atom is -0.537 e. The Labute approximate surface area is 184 Å². The second kappa shape index (κ2) is 8.18. The van der Waals surface area contributed by atoms with Gasteiger partial charge in [0, 0.05) is 23.9 Å². The van der Waals surface area contributed by atoms with E-state index in [0.29, 0.717) is 11.5 Å². The van der Waals surface area contributed by atoms with Gasteiger partial charge < -0.3 is 14.2 Å². The zero-order valence-electron chi connectivity index (χ0n) is 15.6. The molecule has 0 bridgehead atoms. The molecule has 3 aromatic carbocycles. The number of hydrogen-bond acceptors (Lipinski definition) is 4. The molecule has 2 heterocycles. The fraction of sp³-hybridized carbons (Fsp3) is 0.0455. The van der Waals surface area contributed by atoms with Gasteiger partial charge in [-0.2, -0.15) is 23.3 Å². The van der Waals surface area contributed by atoms with E-state index in [2.05, 4.69) is 22.0 Å². The van der Waals surface area contributed by atoms with Crippen LogP contribution in [0.4, 0.5) is 5.69 Å². The second-order valence-corrected chi connectivity index (χ2v) is 6.47. The van der Waals surface area contributed by atoms with Crippen LogP contribution in [-0.4, -0.2) is 23.9 Å². The molecule has 0 unspecified atom stereocenters. The monoisotopic (exact) mass is 560 g/mol. The van der Waals surface area contributed by atoms with Crippen LogP contribution in [0.2, 0.25) is 0 Å². The van der Waals surface area contributed by atoms with Gasteiger partial charge in [-0.1, -0.05) is 12.1 Å². The van der Waals surface area contributed by atoms with Crippen molar-refractivity contribution < 1.29 is 30.5 Å². The van der Waals surface area contributed by atoms with Gasteiger partial charge in [-0.05, 0) is 30.9 Å². The van der Waals surface area contributed by atoms with E-state index in [1.165, 1.54) is 0 Å². The maximum absolute atomic E-state index is 6.10. The Bertz CT molecular complexity index is 1120. The van der Waals surface area contributed by atoms with Crippen molar-refractivity contribution in [3.05, 3.63) is 91.3 Å². The van der Waals surface area contributed by atoms with Crippen LogP contribution in [0.25, 0.3) is 5.69 Å². The zero-order chi connectivity index (χ0) is 18.9. The van der Waals surface area contributed by atoms with Gasteiger partial charge in [0.25, 0.3) is 0 Å². The van der Waals surface area contributed by atoms with Gasteiger partial charge in [-0.15, -0.1) is 35.8 Å². The average molecular weight is 560 g/mol. The summed E-state index contributed by atoms with van der Waals surface area (Å²) in [4.78, 5) is 2.09. The molecule has 1 aliphatic rings. The molecule has 1 aliphatic heterocycles. The molecule has 0 aliphatic carbocycles. The van der Waals surface area contributed by atoms with Crippen LogP contribution < -0.4 is 19.7 Å². The van der Waals surface area contributed by atoms with E-state index in [0.717, 1.165) is 22.6 Å². The van der Waals surface area contributed by atoms with Gasteiger partial charge in [-0.3, -0.25) is 4.68 Å². The maximum Gasteiger partial charge on any atom is 2.00 e. The van der Waals surface area contributed by atoms with Crippen molar-refractivity contribution in [3.63, 3.8) is 0 Å². The summed E-state index contributed by atoms with van der Waals surface area (Å²) in [5, 5.41) is 4.23. The Balaban J connectivity index is 0.00000205. The average Bonchev–Trinajstić information content (AvgIpc) is 3.37. The van der Waals surface area contributed by atoms with Crippen LogP contribution in [0.15, 0.2) is 79.1 Å². The number of hydrogen-bond donors (Lipinski definition) is 0. The molecule has 4 aromatic rings. The number of rotatable bonds is 4. The fourth-order valence-corrected chi connectivity index (χ4v) is 3.27. The van der Waals surface area contributed by atoms with Crippen molar-refractivity contribution in [2.75, 3.05) is 11.9 Å². The van der Waals surface area contributed by atoms with Crippen LogP contribution in [-0.2, 0) is 21.1 Å². The van der Waals surface area contributed by atoms with Crippen molar-refractivity contribution in [2.45, 2.75) is 0 Å². The van der Waals surface area contributed by atoms with E-state index in [9.17, 15) is 0 Å². The summed E-state index contributed by atoms with van der Waals surface area (Å²) in [5.74, 6) is 2.08. The fourth-order valence-electron chi connectivity index (χ4n) is 3.27. The van der Waals surface area contributed by atoms with Gasteiger partial charge in [0.2, 0.25) is 0 Å². The largest absolute Gasteiger partial charge is 2.00 e. The number of para-hydroxylation sites is 2. The van der Waals surface area contributed by atoms with Gasteiger partial charge in [0.05, 0.1) is 5.69 Å². The van der Waals surface area contributed by atoms with E-state index in [-0.39, 0.29) is 28.1 Å². The number of ether oxygens (including phenoxy) is 1. The van der Waals surface area contributed by atoms with Crippen LogP contribution in [0.3, 0.4) is 0 Å². The van der Waals surface area contributed by atoms with Crippen molar-refractivity contribution in [2.24, 2.45) is 0 Å². The molecule has 144 valence electrons. The van der Waals surface area contributed by atoms with Crippen molar-refractivity contribution in [1.82, 2.24) is 9.78 Å². The molecule has 5 rings (SSSR count). The molecule has 0 saturated carbocycles. The van der Waals surface area contributed by atoms with Crippen molar-refractivity contribution in [3.8, 4) is 22.9 Å². The minimum absolute atomic E-state index is 0. The Morgan fingerprint density at radius 1 is 0.931 bits per heavy atom. The maximum atomic E-state index is 6.10. The van der Waals surface area contributed by atoms with Gasteiger partial charge in [-0.25, -0.2) is 0 Å². The van der Waals surface area contributed by atoms with E-state index in [1.807, 2.05) is 80.0 Å². The third-order valence-electron chi connectivity index (χ3n) is 4.62. The normalized spacial score (nSPS) is 12.2. The first kappa shape index (κ1) is 19.3. The molecule has 0 amide bonds. The number of nitrogens with zero attached hydrogens (tertiary/aromatic N) is 3. The van der Waals surface area contributed by atoms with E-state index < -0.39 is 0 Å². The molecule has 0 atom stereocenters. The smallest absolute Gasteiger partial charge is 0.537 e. The molecule has 0 N–H and O–H groups in total. The number of fused-ring (bicyclic) bond motifs is 1. The Morgan fingerprint density at radius 3 is 2.52 bits per heavy atom. The molecule has 0 saturated heterocycles. The van der Waals surface area contributed by atoms with E-state index in [1.54, 1.807) is 10.9 Å². The number of benzene rings is 3. The summed E-state index contributed by atoms with van der Waals surface area (Å²) in [6, 6.07) is 27.9. The first-order chi connectivity index (χ1) is 13.8. The quantitative estimate of drug-likeness (QED) is 0.283. The Kier molecular flexibility index (Phi) is 5.45. The summed E-state index contributed by atoms with van der Waals surface area (Å²) < 4.78 is 13.8. The molecule has 1 aromatic heterocycles. The van der Waals surface area contributed by atoms with Crippen LogP contribution in [0.1, 0.15) is 0 Å². The molecule has 5 nitrogen and oxygen atoms in total. The van der Waals surface area contributed by atoms with Crippen LogP contribution >= 0.6 is 0 Å². The topological polar surface area (TPSA) is 39.5 Å². The van der Waals surface area contributed by atoms with Crippen LogP contribution in [0, 0.1) is 12.1 Å². The first-order valence-electron chi connectivity index (χ1n) is 8.99. The number of anilines is 1. The summed E-state index contributed by atoms with van der Waals surface area (Å²) in [5.41, 5.74) is 2.78. The molecular formula is C22H16BN3O2Pt. The van der Waals surface area contributed by atoms with E-state index >= 15 is 0 Å². The Hall–Kier alpha value is -2.98. The molecule has 29 heavy (non-hydrogen) atoms. The van der Waals surface area contributed by atoms with Crippen molar-refractivity contribution >= 4 is 18.2 Å². The summed E-state index contributed by atoms with van der Waals surface area (Å²) in [6.45, 7) is 0. The van der Waals surface area contributed by atoms with Gasteiger partial charge in [0.1, 0.15) is 5.75 Å². The third kappa shape index (κ3) is 3.81. The third-order valence-corrected chi connectivity index (χ3v) is 4.62. The van der Waals surface area contributed by atoms with Crippen molar-refractivity contribution in [1.29, 1.82) is 0 Å². The molecule has 7 heteroatoms. The SMILES string of the molecule is CN1B(c2[c-]c(Oc3[c-]c(-n4cccn4)ccc3)ccc2)Oc2ccccc21.[Pt+2]. The number of aromatic nitrogens is 2. The van der Waals surface area contributed by atoms with Gasteiger partial charge >= 0.3 is 28.1 Å². The predicted molar refractivity (Wildman–Crippen MR) is 109 cm³/mol. The zero-order valence-corrected chi connectivity index (χ0v) is 17.8. The molecular weight excluding hydrogens is 544 g/mol. The summed E-state index contributed by atoms with van der Waals surface area (Å²) in [7, 11) is 1.78. The van der Waals surface area contributed by atoms with Crippen LogP contribution in [0.5, 0.6) is 17.2 Å². The van der Waals surface area contributed by atoms with E-state index in [4.69, 9.17) is 9.39 Å². The standard InChI is InChI=1S/C22H16BN3O2.Pt/c1-25-21-11-2-3-12-22(21)28-23(25)17-7-4-9-19(15-17)27-20-10-5-8-18(16-20)26-14-6-13-24-26;/h2-14H,1H3;/q-2;+2. The summed E-state index contributed by atoms with van der Waals surface area (Å²) in [6.07, 6.45) is 3.60.